The Labute approximate surface area is 205 Å². The summed E-state index contributed by atoms with van der Waals surface area (Å²) in [6, 6.07) is 10.9. The zero-order valence-corrected chi connectivity index (χ0v) is 20.9. The fraction of sp³-hybridized carbons (Fsp3) is 0.286. The van der Waals surface area contributed by atoms with Crippen molar-refractivity contribution in [3.05, 3.63) is 68.4 Å². The number of halogens is 3. The summed E-state index contributed by atoms with van der Waals surface area (Å²) in [5, 5.41) is 14.1. The number of carbonyl (C=O) groups excluding carboxylic acids is 1. The molecule has 0 aliphatic rings. The van der Waals surface area contributed by atoms with Gasteiger partial charge in [-0.2, -0.15) is 0 Å². The number of nitrogens with one attached hydrogen (secondary N) is 1. The highest BCUT2D eigenvalue weighted by molar-refractivity contribution is 7.99. The van der Waals surface area contributed by atoms with E-state index in [9.17, 15) is 4.79 Å². The number of rotatable bonds is 9. The van der Waals surface area contributed by atoms with Crippen LogP contribution in [0.3, 0.4) is 0 Å². The van der Waals surface area contributed by atoms with Crippen LogP contribution < -0.4 is 5.32 Å². The molecule has 0 atom stereocenters. The van der Waals surface area contributed by atoms with Crippen molar-refractivity contribution in [2.24, 2.45) is 0 Å². The SMILES string of the molecule is CCn1c(CSCc2ccc(Cl)cc2Cl)nnc1SCC(=O)Nc1cc(Cl)ccc1C. The minimum absolute atomic E-state index is 0.116. The third kappa shape index (κ3) is 6.80. The lowest BCUT2D eigenvalue weighted by molar-refractivity contribution is -0.113. The molecule has 0 fully saturated rings. The summed E-state index contributed by atoms with van der Waals surface area (Å²) in [6.45, 7) is 4.68. The summed E-state index contributed by atoms with van der Waals surface area (Å²) in [4.78, 5) is 12.4. The lowest BCUT2D eigenvalue weighted by Gasteiger charge is -2.10. The normalized spacial score (nSPS) is 11.0. The molecular formula is C21H21Cl3N4OS2. The molecule has 1 aromatic heterocycles. The van der Waals surface area contributed by atoms with E-state index in [-0.39, 0.29) is 11.7 Å². The van der Waals surface area contributed by atoms with Crippen LogP contribution in [0.5, 0.6) is 0 Å². The van der Waals surface area contributed by atoms with Crippen LogP contribution >= 0.6 is 58.3 Å². The van der Waals surface area contributed by atoms with E-state index < -0.39 is 0 Å². The molecule has 1 heterocycles. The van der Waals surface area contributed by atoms with Crippen LogP contribution in [0.25, 0.3) is 0 Å². The average Bonchev–Trinajstić information content (AvgIpc) is 3.12. The van der Waals surface area contributed by atoms with Gasteiger partial charge >= 0.3 is 0 Å². The fourth-order valence-electron chi connectivity index (χ4n) is 2.79. The number of hydrogen-bond donors (Lipinski definition) is 1. The van der Waals surface area contributed by atoms with Crippen molar-refractivity contribution in [1.82, 2.24) is 14.8 Å². The fourth-order valence-corrected chi connectivity index (χ4v) is 5.30. The van der Waals surface area contributed by atoms with Gasteiger partial charge in [-0.1, -0.05) is 58.7 Å². The van der Waals surface area contributed by atoms with E-state index in [1.165, 1.54) is 11.8 Å². The van der Waals surface area contributed by atoms with E-state index in [4.69, 9.17) is 34.8 Å². The van der Waals surface area contributed by atoms with Crippen LogP contribution in [-0.2, 0) is 22.8 Å². The van der Waals surface area contributed by atoms with Gasteiger partial charge in [0, 0.05) is 33.1 Å². The van der Waals surface area contributed by atoms with Crippen LogP contribution in [-0.4, -0.2) is 26.4 Å². The Bertz CT molecular complexity index is 1070. The van der Waals surface area contributed by atoms with Gasteiger partial charge in [0.1, 0.15) is 5.82 Å². The van der Waals surface area contributed by atoms with Gasteiger partial charge in [-0.15, -0.1) is 22.0 Å². The van der Waals surface area contributed by atoms with Crippen molar-refractivity contribution in [1.29, 1.82) is 0 Å². The Morgan fingerprint density at radius 1 is 1.06 bits per heavy atom. The molecule has 0 aliphatic heterocycles. The van der Waals surface area contributed by atoms with Gasteiger partial charge in [0.2, 0.25) is 5.91 Å². The Kier molecular flexibility index (Phi) is 8.98. The van der Waals surface area contributed by atoms with E-state index in [1.807, 2.05) is 36.6 Å². The third-order valence-electron chi connectivity index (χ3n) is 4.42. The maximum absolute atomic E-state index is 12.4. The quantitative estimate of drug-likeness (QED) is 0.320. The summed E-state index contributed by atoms with van der Waals surface area (Å²) in [5.41, 5.74) is 2.70. The number of benzene rings is 2. The largest absolute Gasteiger partial charge is 0.325 e. The zero-order valence-electron chi connectivity index (χ0n) is 17.0. The molecule has 2 aromatic carbocycles. The van der Waals surface area contributed by atoms with Gasteiger partial charge in [-0.3, -0.25) is 4.79 Å². The molecular weight excluding hydrogens is 495 g/mol. The van der Waals surface area contributed by atoms with Crippen LogP contribution in [0, 0.1) is 6.92 Å². The van der Waals surface area contributed by atoms with E-state index in [0.29, 0.717) is 26.5 Å². The number of anilines is 1. The minimum Gasteiger partial charge on any atom is -0.325 e. The maximum atomic E-state index is 12.4. The number of amides is 1. The van der Waals surface area contributed by atoms with E-state index >= 15 is 0 Å². The van der Waals surface area contributed by atoms with Gasteiger partial charge in [-0.25, -0.2) is 0 Å². The van der Waals surface area contributed by atoms with Gasteiger partial charge in [0.15, 0.2) is 5.16 Å². The van der Waals surface area contributed by atoms with Crippen molar-refractivity contribution in [2.75, 3.05) is 11.1 Å². The molecule has 0 unspecified atom stereocenters. The van der Waals surface area contributed by atoms with Crippen molar-refractivity contribution < 1.29 is 4.79 Å². The monoisotopic (exact) mass is 514 g/mol. The highest BCUT2D eigenvalue weighted by Crippen LogP contribution is 2.27. The first-order valence-corrected chi connectivity index (χ1v) is 12.8. The van der Waals surface area contributed by atoms with Crippen LogP contribution in [0.2, 0.25) is 15.1 Å². The lowest BCUT2D eigenvalue weighted by Crippen LogP contribution is -2.15. The second-order valence-electron chi connectivity index (χ2n) is 6.67. The topological polar surface area (TPSA) is 59.8 Å². The summed E-state index contributed by atoms with van der Waals surface area (Å²) in [6.07, 6.45) is 0. The molecule has 3 aromatic rings. The van der Waals surface area contributed by atoms with Gasteiger partial charge in [0.25, 0.3) is 0 Å². The number of hydrogen-bond acceptors (Lipinski definition) is 5. The third-order valence-corrected chi connectivity index (χ3v) is 7.19. The van der Waals surface area contributed by atoms with Gasteiger partial charge in [-0.05, 0) is 49.2 Å². The molecule has 10 heteroatoms. The van der Waals surface area contributed by atoms with E-state index in [0.717, 1.165) is 34.4 Å². The molecule has 5 nitrogen and oxygen atoms in total. The molecule has 0 aliphatic carbocycles. The predicted octanol–water partition coefficient (Wildman–Crippen LogP) is 6.73. The standard InChI is InChI=1S/C21H21Cl3N4OS2/c1-3-28-19(11-30-10-14-5-7-15(22)8-17(14)24)26-27-21(28)31-12-20(29)25-18-9-16(23)6-4-13(18)2/h4-9H,3,10-12H2,1-2H3,(H,25,29). The second kappa shape index (κ2) is 11.5. The first-order valence-electron chi connectivity index (χ1n) is 9.50. The predicted molar refractivity (Wildman–Crippen MR) is 133 cm³/mol. The molecule has 3 rings (SSSR count). The van der Waals surface area contributed by atoms with Crippen LogP contribution in [0.15, 0.2) is 41.6 Å². The Morgan fingerprint density at radius 2 is 1.81 bits per heavy atom. The molecule has 0 bridgehead atoms. The van der Waals surface area contributed by atoms with E-state index in [1.54, 1.807) is 30.0 Å². The highest BCUT2D eigenvalue weighted by atomic mass is 35.5. The van der Waals surface area contributed by atoms with Crippen molar-refractivity contribution in [2.45, 2.75) is 37.1 Å². The van der Waals surface area contributed by atoms with E-state index in [2.05, 4.69) is 15.5 Å². The maximum Gasteiger partial charge on any atom is 0.234 e. The first kappa shape index (κ1) is 24.3. The molecule has 0 radical (unpaired) electrons. The van der Waals surface area contributed by atoms with Crippen LogP contribution in [0.1, 0.15) is 23.9 Å². The van der Waals surface area contributed by atoms with Crippen molar-refractivity contribution in [3.8, 4) is 0 Å². The molecule has 1 amide bonds. The molecule has 31 heavy (non-hydrogen) atoms. The van der Waals surface area contributed by atoms with Crippen LogP contribution in [0.4, 0.5) is 5.69 Å². The smallest absolute Gasteiger partial charge is 0.234 e. The second-order valence-corrected chi connectivity index (χ2v) is 9.88. The number of thioether (sulfide) groups is 2. The minimum atomic E-state index is -0.116. The summed E-state index contributed by atoms with van der Waals surface area (Å²) in [5.74, 6) is 2.42. The lowest BCUT2D eigenvalue weighted by atomic mass is 10.2. The Hall–Kier alpha value is -1.38. The summed E-state index contributed by atoms with van der Waals surface area (Å²) in [7, 11) is 0. The zero-order chi connectivity index (χ0) is 22.4. The van der Waals surface area contributed by atoms with Gasteiger partial charge in [0.05, 0.1) is 11.5 Å². The Balaban J connectivity index is 1.55. The number of aryl methyl sites for hydroxylation is 1. The summed E-state index contributed by atoms with van der Waals surface area (Å²) >= 11 is 21.3. The first-order chi connectivity index (χ1) is 14.9. The molecule has 164 valence electrons. The number of aromatic nitrogens is 3. The molecule has 0 saturated carbocycles. The number of nitrogens with zero attached hydrogens (tertiary/aromatic N) is 3. The number of carbonyl (C=O) groups is 1. The Morgan fingerprint density at radius 3 is 2.55 bits per heavy atom. The molecule has 1 N–H and O–H groups in total. The highest BCUT2D eigenvalue weighted by Gasteiger charge is 2.14. The average molecular weight is 516 g/mol. The molecule has 0 spiro atoms. The van der Waals surface area contributed by atoms with Gasteiger partial charge < -0.3 is 9.88 Å². The molecule has 0 saturated heterocycles. The summed E-state index contributed by atoms with van der Waals surface area (Å²) < 4.78 is 2.03. The van der Waals surface area contributed by atoms with Crippen molar-refractivity contribution >= 4 is 69.9 Å². The van der Waals surface area contributed by atoms with Crippen molar-refractivity contribution in [3.63, 3.8) is 0 Å².